The molecule has 2 amide bonds. The van der Waals surface area contributed by atoms with Gasteiger partial charge in [0.25, 0.3) is 5.91 Å². The number of thioether (sulfide) groups is 1. The van der Waals surface area contributed by atoms with E-state index in [2.05, 4.69) is 41.8 Å². The zero-order valence-corrected chi connectivity index (χ0v) is 18.1. The minimum absolute atomic E-state index is 0.0227. The third-order valence-electron chi connectivity index (χ3n) is 5.91. The summed E-state index contributed by atoms with van der Waals surface area (Å²) in [6.07, 6.45) is 5.33. The van der Waals surface area contributed by atoms with Gasteiger partial charge in [0.05, 0.1) is 4.91 Å². The van der Waals surface area contributed by atoms with Crippen LogP contribution in [0, 0.1) is 12.8 Å². The smallest absolute Gasteiger partial charge is 0.257 e. The maximum Gasteiger partial charge on any atom is 0.257 e. The molecule has 3 atom stereocenters. The second-order valence-corrected chi connectivity index (χ2v) is 9.47. The average Bonchev–Trinajstić information content (AvgIpc) is 2.76. The van der Waals surface area contributed by atoms with E-state index in [1.807, 2.05) is 36.4 Å². The van der Waals surface area contributed by atoms with Gasteiger partial charge in [-0.25, -0.2) is 0 Å². The van der Waals surface area contributed by atoms with Crippen molar-refractivity contribution in [1.29, 1.82) is 0 Å². The van der Waals surface area contributed by atoms with Crippen molar-refractivity contribution in [2.24, 2.45) is 5.92 Å². The van der Waals surface area contributed by atoms with E-state index in [0.29, 0.717) is 11.8 Å². The fourth-order valence-corrected chi connectivity index (χ4v) is 5.45. The lowest BCUT2D eigenvalue weighted by Crippen LogP contribution is -2.51. The van der Waals surface area contributed by atoms with Crippen LogP contribution in [0.5, 0.6) is 0 Å². The molecular formula is C25H28N2O2S. The maximum absolute atomic E-state index is 12.7. The van der Waals surface area contributed by atoms with Gasteiger partial charge >= 0.3 is 0 Å². The van der Waals surface area contributed by atoms with Gasteiger partial charge in [-0.05, 0) is 49.8 Å². The Morgan fingerprint density at radius 2 is 1.90 bits per heavy atom. The van der Waals surface area contributed by atoms with Crippen molar-refractivity contribution in [3.63, 3.8) is 0 Å². The van der Waals surface area contributed by atoms with Gasteiger partial charge < -0.3 is 10.6 Å². The average molecular weight is 421 g/mol. The minimum atomic E-state index is -0.0233. The summed E-state index contributed by atoms with van der Waals surface area (Å²) in [5.74, 6) is 0.0702. The van der Waals surface area contributed by atoms with Gasteiger partial charge in [-0.3, -0.25) is 9.59 Å². The van der Waals surface area contributed by atoms with Crippen LogP contribution < -0.4 is 10.6 Å². The Morgan fingerprint density at radius 3 is 2.67 bits per heavy atom. The molecule has 4 nitrogen and oxygen atoms in total. The number of benzene rings is 2. The van der Waals surface area contributed by atoms with Crippen molar-refractivity contribution in [3.8, 4) is 0 Å². The van der Waals surface area contributed by atoms with Crippen molar-refractivity contribution in [2.45, 2.75) is 43.9 Å². The quantitative estimate of drug-likeness (QED) is 0.716. The molecule has 2 aromatic carbocycles. The van der Waals surface area contributed by atoms with E-state index in [0.717, 1.165) is 36.2 Å². The molecule has 0 radical (unpaired) electrons. The summed E-state index contributed by atoms with van der Waals surface area (Å²) in [4.78, 5) is 26.0. The molecule has 2 N–H and O–H groups in total. The molecule has 30 heavy (non-hydrogen) atoms. The topological polar surface area (TPSA) is 58.2 Å². The molecule has 1 aliphatic carbocycles. The summed E-state index contributed by atoms with van der Waals surface area (Å²) in [5.41, 5.74) is 3.52. The summed E-state index contributed by atoms with van der Waals surface area (Å²) in [6, 6.07) is 18.4. The zero-order chi connectivity index (χ0) is 20.9. The Labute approximate surface area is 182 Å². The van der Waals surface area contributed by atoms with Gasteiger partial charge in [0.2, 0.25) is 5.91 Å². The van der Waals surface area contributed by atoms with Crippen LogP contribution in [0.4, 0.5) is 0 Å². The molecule has 0 bridgehead atoms. The second kappa shape index (κ2) is 9.52. The molecule has 4 rings (SSSR count). The fraction of sp³-hybridized carbons (Fsp3) is 0.360. The third-order valence-corrected chi connectivity index (χ3v) is 7.33. The van der Waals surface area contributed by atoms with Gasteiger partial charge in [-0.1, -0.05) is 60.2 Å². The van der Waals surface area contributed by atoms with E-state index in [1.165, 1.54) is 11.1 Å². The molecule has 1 saturated carbocycles. The first-order valence-corrected chi connectivity index (χ1v) is 11.5. The van der Waals surface area contributed by atoms with Crippen LogP contribution in [0.15, 0.2) is 59.5 Å². The van der Waals surface area contributed by atoms with Crippen LogP contribution in [0.3, 0.4) is 0 Å². The number of carbonyl (C=O) groups is 2. The Hall–Kier alpha value is -2.53. The highest BCUT2D eigenvalue weighted by Crippen LogP contribution is 2.39. The van der Waals surface area contributed by atoms with E-state index in [1.54, 1.807) is 11.8 Å². The number of amides is 2. The number of carbonyl (C=O) groups excluding carboxylic acids is 2. The Kier molecular flexibility index (Phi) is 6.58. The van der Waals surface area contributed by atoms with Crippen LogP contribution >= 0.6 is 11.8 Å². The predicted molar refractivity (Wildman–Crippen MR) is 123 cm³/mol. The molecule has 2 fully saturated rings. The lowest BCUT2D eigenvalue weighted by Gasteiger charge is -2.39. The molecule has 2 aliphatic rings. The summed E-state index contributed by atoms with van der Waals surface area (Å²) >= 11 is 1.67. The molecule has 2 aromatic rings. The van der Waals surface area contributed by atoms with Crippen molar-refractivity contribution >= 4 is 29.7 Å². The molecule has 1 aliphatic heterocycles. The fourth-order valence-electron chi connectivity index (χ4n) is 4.16. The summed E-state index contributed by atoms with van der Waals surface area (Å²) in [5, 5.41) is 6.59. The number of nitrogens with one attached hydrogen (secondary N) is 2. The van der Waals surface area contributed by atoms with E-state index in [9.17, 15) is 9.59 Å². The first-order valence-electron chi connectivity index (χ1n) is 10.7. The Bertz CT molecular complexity index is 924. The Morgan fingerprint density at radius 1 is 1.13 bits per heavy atom. The summed E-state index contributed by atoms with van der Waals surface area (Å²) < 4.78 is 0. The summed E-state index contributed by atoms with van der Waals surface area (Å²) in [7, 11) is 0. The molecule has 0 aromatic heterocycles. The van der Waals surface area contributed by atoms with Gasteiger partial charge in [0.15, 0.2) is 0 Å². The van der Waals surface area contributed by atoms with Gasteiger partial charge in [-0.15, -0.1) is 11.8 Å². The summed E-state index contributed by atoms with van der Waals surface area (Å²) in [6.45, 7) is 2.72. The van der Waals surface area contributed by atoms with Gasteiger partial charge in [0, 0.05) is 23.8 Å². The zero-order valence-electron chi connectivity index (χ0n) is 17.3. The maximum atomic E-state index is 12.7. The largest absolute Gasteiger partial charge is 0.356 e. The molecule has 0 spiro atoms. The molecular weight excluding hydrogens is 392 g/mol. The van der Waals surface area contributed by atoms with Gasteiger partial charge in [0.1, 0.15) is 0 Å². The van der Waals surface area contributed by atoms with Crippen LogP contribution in [-0.4, -0.2) is 29.7 Å². The number of hydrogen-bond acceptors (Lipinski definition) is 3. The number of fused-ring (bicyclic) bond motifs is 1. The van der Waals surface area contributed by atoms with E-state index in [4.69, 9.17) is 0 Å². The first kappa shape index (κ1) is 20.7. The first-order chi connectivity index (χ1) is 14.6. The van der Waals surface area contributed by atoms with E-state index < -0.39 is 0 Å². The van der Waals surface area contributed by atoms with Crippen LogP contribution in [-0.2, 0) is 16.0 Å². The molecule has 5 heteroatoms. The van der Waals surface area contributed by atoms with Crippen molar-refractivity contribution in [2.75, 3.05) is 6.54 Å². The lowest BCUT2D eigenvalue weighted by atomic mass is 9.84. The third kappa shape index (κ3) is 5.14. The van der Waals surface area contributed by atoms with Gasteiger partial charge in [-0.2, -0.15) is 0 Å². The number of hydrogen-bond donors (Lipinski definition) is 2. The SMILES string of the molecule is Cc1ccc(CCNC(=O)C2CCC3S/C(=C\c4ccccc4)C(=O)NC3C2)cc1. The second-order valence-electron chi connectivity index (χ2n) is 8.19. The number of aryl methyl sites for hydroxylation is 1. The van der Waals surface area contributed by atoms with Crippen molar-refractivity contribution in [3.05, 3.63) is 76.2 Å². The van der Waals surface area contributed by atoms with Crippen molar-refractivity contribution < 1.29 is 9.59 Å². The minimum Gasteiger partial charge on any atom is -0.356 e. The standard InChI is InChI=1S/C25H28N2O2S/c1-17-7-9-18(10-8-17)13-14-26-24(28)20-11-12-22-21(16-20)27-25(29)23(30-22)15-19-5-3-2-4-6-19/h2-10,15,20-22H,11-14,16H2,1H3,(H,26,28)(H,27,29)/b23-15-. The molecule has 1 heterocycles. The monoisotopic (exact) mass is 420 g/mol. The van der Waals surface area contributed by atoms with Crippen LogP contribution in [0.1, 0.15) is 36.0 Å². The highest BCUT2D eigenvalue weighted by Gasteiger charge is 2.39. The van der Waals surface area contributed by atoms with Crippen molar-refractivity contribution in [1.82, 2.24) is 10.6 Å². The van der Waals surface area contributed by atoms with E-state index >= 15 is 0 Å². The molecule has 3 unspecified atom stereocenters. The number of rotatable bonds is 5. The normalized spacial score (nSPS) is 24.8. The Balaban J connectivity index is 1.29. The lowest BCUT2D eigenvalue weighted by molar-refractivity contribution is -0.127. The van der Waals surface area contributed by atoms with Crippen LogP contribution in [0.2, 0.25) is 0 Å². The predicted octanol–water partition coefficient (Wildman–Crippen LogP) is 4.10. The highest BCUT2D eigenvalue weighted by atomic mass is 32.2. The van der Waals surface area contributed by atoms with E-state index in [-0.39, 0.29) is 23.8 Å². The molecule has 156 valence electrons. The molecule has 1 saturated heterocycles. The highest BCUT2D eigenvalue weighted by molar-refractivity contribution is 8.04. The van der Waals surface area contributed by atoms with Crippen LogP contribution in [0.25, 0.3) is 6.08 Å².